The van der Waals surface area contributed by atoms with E-state index in [0.29, 0.717) is 0 Å². The number of benzene rings is 1. The molecule has 4 heteroatoms. The molecule has 2 heterocycles. The highest BCUT2D eigenvalue weighted by Crippen LogP contribution is 2.32. The predicted molar refractivity (Wildman–Crippen MR) is 88.0 cm³/mol. The van der Waals surface area contributed by atoms with Crippen molar-refractivity contribution in [2.45, 2.75) is 13.8 Å². The van der Waals surface area contributed by atoms with E-state index in [2.05, 4.69) is 36.9 Å². The molecule has 1 aromatic carbocycles. The third kappa shape index (κ3) is 2.47. The summed E-state index contributed by atoms with van der Waals surface area (Å²) in [5, 5.41) is 3.16. The van der Waals surface area contributed by atoms with Crippen molar-refractivity contribution in [3.8, 4) is 27.6 Å². The van der Waals surface area contributed by atoms with Crippen LogP contribution in [0.4, 0.5) is 0 Å². The van der Waals surface area contributed by atoms with Crippen molar-refractivity contribution in [1.82, 2.24) is 9.55 Å². The molecule has 0 saturated heterocycles. The Morgan fingerprint density at radius 1 is 1.14 bits per heavy atom. The molecular weight excluding hydrogens is 280 g/mol. The maximum Gasteiger partial charge on any atom is 0.124 e. The Labute approximate surface area is 128 Å². The van der Waals surface area contributed by atoms with Gasteiger partial charge in [0.15, 0.2) is 0 Å². The van der Waals surface area contributed by atoms with Gasteiger partial charge in [-0.3, -0.25) is 0 Å². The maximum atomic E-state index is 5.19. The molecule has 108 valence electrons. The molecule has 0 radical (unpaired) electrons. The number of rotatable bonds is 3. The highest BCUT2D eigenvalue weighted by Gasteiger charge is 2.12. The molecule has 0 atom stereocenters. The first kappa shape index (κ1) is 13.9. The Morgan fingerprint density at radius 3 is 2.43 bits per heavy atom. The first-order chi connectivity index (χ1) is 10.1. The second-order valence-electron chi connectivity index (χ2n) is 5.11. The lowest BCUT2D eigenvalue weighted by Gasteiger charge is -2.01. The highest BCUT2D eigenvalue weighted by molar-refractivity contribution is 7.13. The van der Waals surface area contributed by atoms with Gasteiger partial charge < -0.3 is 9.30 Å². The maximum absolute atomic E-state index is 5.19. The fraction of sp³-hybridized carbons (Fsp3) is 0.235. The van der Waals surface area contributed by atoms with E-state index >= 15 is 0 Å². The largest absolute Gasteiger partial charge is 0.497 e. The number of nitrogens with zero attached hydrogens (tertiary/aromatic N) is 2. The van der Waals surface area contributed by atoms with Gasteiger partial charge >= 0.3 is 0 Å². The van der Waals surface area contributed by atoms with Crippen molar-refractivity contribution in [2.75, 3.05) is 7.11 Å². The molecule has 0 amide bonds. The summed E-state index contributed by atoms with van der Waals surface area (Å²) in [6.07, 6.45) is 0. The first-order valence-electron chi connectivity index (χ1n) is 6.83. The van der Waals surface area contributed by atoms with Crippen molar-refractivity contribution >= 4 is 11.3 Å². The van der Waals surface area contributed by atoms with Crippen molar-refractivity contribution < 1.29 is 4.74 Å². The van der Waals surface area contributed by atoms with Crippen molar-refractivity contribution in [3.05, 3.63) is 47.1 Å². The van der Waals surface area contributed by atoms with Gasteiger partial charge in [-0.25, -0.2) is 4.98 Å². The normalized spacial score (nSPS) is 10.9. The average Bonchev–Trinajstić information content (AvgIpc) is 3.08. The summed E-state index contributed by atoms with van der Waals surface area (Å²) in [6, 6.07) is 10.2. The van der Waals surface area contributed by atoms with Gasteiger partial charge in [0.05, 0.1) is 12.8 Å². The summed E-state index contributed by atoms with van der Waals surface area (Å²) in [5.74, 6) is 0.866. The SMILES string of the molecule is COc1ccc(-c2nc(-c3cc(C)n(C)c3C)cs2)cc1. The minimum Gasteiger partial charge on any atom is -0.497 e. The van der Waals surface area contributed by atoms with Crippen LogP contribution in [0.2, 0.25) is 0 Å². The average molecular weight is 298 g/mol. The van der Waals surface area contributed by atoms with Gasteiger partial charge in [0.25, 0.3) is 0 Å². The lowest BCUT2D eigenvalue weighted by molar-refractivity contribution is 0.415. The smallest absolute Gasteiger partial charge is 0.124 e. The Kier molecular flexibility index (Phi) is 3.55. The number of ether oxygens (including phenoxy) is 1. The molecule has 0 aliphatic rings. The summed E-state index contributed by atoms with van der Waals surface area (Å²) in [4.78, 5) is 4.79. The van der Waals surface area contributed by atoms with Crippen molar-refractivity contribution in [1.29, 1.82) is 0 Å². The number of thiazole rings is 1. The Balaban J connectivity index is 1.97. The summed E-state index contributed by atoms with van der Waals surface area (Å²) < 4.78 is 7.39. The third-order valence-corrected chi connectivity index (χ3v) is 4.78. The lowest BCUT2D eigenvalue weighted by atomic mass is 10.2. The molecule has 0 bridgehead atoms. The van der Waals surface area contributed by atoms with E-state index in [4.69, 9.17) is 9.72 Å². The molecular formula is C17H18N2OS. The number of methoxy groups -OCH3 is 1. The fourth-order valence-electron chi connectivity index (χ4n) is 2.38. The van der Waals surface area contributed by atoms with E-state index in [1.54, 1.807) is 18.4 Å². The Hall–Kier alpha value is -2.07. The molecule has 0 fully saturated rings. The van der Waals surface area contributed by atoms with Crippen LogP contribution in [-0.2, 0) is 7.05 Å². The van der Waals surface area contributed by atoms with E-state index in [9.17, 15) is 0 Å². The van der Waals surface area contributed by atoms with E-state index in [0.717, 1.165) is 22.0 Å². The van der Waals surface area contributed by atoms with Crippen LogP contribution in [-0.4, -0.2) is 16.7 Å². The van der Waals surface area contributed by atoms with Gasteiger partial charge in [-0.15, -0.1) is 11.3 Å². The van der Waals surface area contributed by atoms with Gasteiger partial charge in [-0.05, 0) is 44.2 Å². The van der Waals surface area contributed by atoms with Crippen LogP contribution in [0, 0.1) is 13.8 Å². The minimum absolute atomic E-state index is 0.866. The predicted octanol–water partition coefficient (Wildman–Crippen LogP) is 4.44. The zero-order valence-corrected chi connectivity index (χ0v) is 13.5. The number of aromatic nitrogens is 2. The van der Waals surface area contributed by atoms with Crippen LogP contribution >= 0.6 is 11.3 Å². The summed E-state index contributed by atoms with van der Waals surface area (Å²) in [5.41, 5.74) is 5.89. The van der Waals surface area contributed by atoms with Gasteiger partial charge in [-0.2, -0.15) is 0 Å². The van der Waals surface area contributed by atoms with E-state index in [1.165, 1.54) is 17.0 Å². The van der Waals surface area contributed by atoms with Crippen LogP contribution in [0.5, 0.6) is 5.75 Å². The molecule has 0 saturated carbocycles. The Morgan fingerprint density at radius 2 is 1.86 bits per heavy atom. The molecule has 21 heavy (non-hydrogen) atoms. The summed E-state index contributed by atoms with van der Waals surface area (Å²) in [6.45, 7) is 4.25. The lowest BCUT2D eigenvalue weighted by Crippen LogP contribution is -1.92. The topological polar surface area (TPSA) is 27.1 Å². The van der Waals surface area contributed by atoms with Crippen LogP contribution < -0.4 is 4.74 Å². The summed E-state index contributed by atoms with van der Waals surface area (Å²) >= 11 is 1.67. The highest BCUT2D eigenvalue weighted by atomic mass is 32.1. The van der Waals surface area contributed by atoms with Crippen LogP contribution in [0.3, 0.4) is 0 Å². The molecule has 0 spiro atoms. The number of hydrogen-bond donors (Lipinski definition) is 0. The summed E-state index contributed by atoms with van der Waals surface area (Å²) in [7, 11) is 3.77. The zero-order valence-electron chi connectivity index (χ0n) is 12.7. The van der Waals surface area contributed by atoms with E-state index < -0.39 is 0 Å². The van der Waals surface area contributed by atoms with Gasteiger partial charge in [0.1, 0.15) is 10.8 Å². The van der Waals surface area contributed by atoms with Crippen LogP contribution in [0.25, 0.3) is 21.8 Å². The van der Waals surface area contributed by atoms with E-state index in [-0.39, 0.29) is 0 Å². The van der Waals surface area contributed by atoms with Crippen LogP contribution in [0.1, 0.15) is 11.4 Å². The second kappa shape index (κ2) is 5.37. The van der Waals surface area contributed by atoms with Crippen molar-refractivity contribution in [3.63, 3.8) is 0 Å². The molecule has 3 aromatic rings. The number of hydrogen-bond acceptors (Lipinski definition) is 3. The minimum atomic E-state index is 0.866. The van der Waals surface area contributed by atoms with Gasteiger partial charge in [0, 0.05) is 34.9 Å². The Bertz CT molecular complexity index is 769. The molecule has 0 unspecified atom stereocenters. The molecule has 0 aliphatic heterocycles. The molecule has 3 nitrogen and oxygen atoms in total. The zero-order chi connectivity index (χ0) is 15.0. The molecule has 3 rings (SSSR count). The number of aryl methyl sites for hydroxylation is 1. The van der Waals surface area contributed by atoms with Crippen LogP contribution in [0.15, 0.2) is 35.7 Å². The standard InChI is InChI=1S/C17H18N2OS/c1-11-9-15(12(2)19(11)3)16-10-21-17(18-16)13-5-7-14(20-4)8-6-13/h5-10H,1-4H3. The third-order valence-electron chi connectivity index (χ3n) is 3.89. The van der Waals surface area contributed by atoms with Gasteiger partial charge in [0.2, 0.25) is 0 Å². The molecule has 2 aromatic heterocycles. The fourth-order valence-corrected chi connectivity index (χ4v) is 3.20. The molecule has 0 N–H and O–H groups in total. The van der Waals surface area contributed by atoms with E-state index in [1.807, 2.05) is 24.3 Å². The first-order valence-corrected chi connectivity index (χ1v) is 7.71. The van der Waals surface area contributed by atoms with Gasteiger partial charge in [-0.1, -0.05) is 0 Å². The van der Waals surface area contributed by atoms with Crippen molar-refractivity contribution in [2.24, 2.45) is 7.05 Å². The second-order valence-corrected chi connectivity index (χ2v) is 5.97. The molecule has 0 aliphatic carbocycles. The quantitative estimate of drug-likeness (QED) is 0.714. The monoisotopic (exact) mass is 298 g/mol.